The number of hydrogen-bond donors (Lipinski definition) is 0. The summed E-state index contributed by atoms with van der Waals surface area (Å²) in [6.07, 6.45) is -1.52. The molecule has 18 nitrogen and oxygen atoms in total. The second-order valence-electron chi connectivity index (χ2n) is 17.0. The van der Waals surface area contributed by atoms with Gasteiger partial charge in [0.15, 0.2) is 0 Å². The maximum atomic E-state index is 13.4. The highest BCUT2D eigenvalue weighted by Gasteiger charge is 2.42. The van der Waals surface area contributed by atoms with Crippen molar-refractivity contribution in [3.63, 3.8) is 0 Å². The smallest absolute Gasteiger partial charge is 0.508 e. The van der Waals surface area contributed by atoms with Crippen LogP contribution in [0.2, 0.25) is 0 Å². The molecule has 0 aliphatic heterocycles. The zero-order valence-corrected chi connectivity index (χ0v) is 39.9. The van der Waals surface area contributed by atoms with Crippen molar-refractivity contribution in [1.29, 1.82) is 0 Å². The van der Waals surface area contributed by atoms with Crippen LogP contribution in [0.4, 0.5) is 9.59 Å². The Labute approximate surface area is 374 Å². The molecule has 0 heterocycles. The third-order valence-corrected chi connectivity index (χ3v) is 8.33. The fourth-order valence-corrected chi connectivity index (χ4v) is 4.61. The summed E-state index contributed by atoms with van der Waals surface area (Å²) in [5.41, 5.74) is -4.39. The molecule has 0 N–H and O–H groups in total. The molecule has 344 valence electrons. The number of carbonyl (C=O) groups is 7. The molecule has 0 bridgehead atoms. The molecule has 60 heavy (non-hydrogen) atoms. The summed E-state index contributed by atoms with van der Waals surface area (Å²) in [5, 5.41) is 0. The number of ether oxygens (including phenoxy) is 9. The standard InChI is InChI=1S/C40H64N2O16.2BrH/c1-30(43)53-24-38(3,33(45)50-21-15-19-41(6,7)8)26-55-36(48)57-28-40(5,35(47)52-23-32-17-13-12-14-18-32)29-58-37(49)56-27-39(4,25-54-31(2)44)34(46)51-22-16-20-42(9,10)11;;/h12-14,17-18H,15-16,19-29H2,1-11H3;2*1H/q+2;;/p-2. The second-order valence-corrected chi connectivity index (χ2v) is 17.0. The topological polar surface area (TPSA) is 203 Å². The van der Waals surface area contributed by atoms with Crippen molar-refractivity contribution in [2.75, 3.05) is 108 Å². The molecule has 2 unspecified atom stereocenters. The van der Waals surface area contributed by atoms with Crippen molar-refractivity contribution < 1.29 is 119 Å². The molecule has 0 aliphatic carbocycles. The summed E-state index contributed by atoms with van der Waals surface area (Å²) < 4.78 is 48.6. The van der Waals surface area contributed by atoms with Crippen molar-refractivity contribution in [3.8, 4) is 0 Å². The van der Waals surface area contributed by atoms with Crippen LogP contribution in [0.15, 0.2) is 30.3 Å². The molecule has 0 aliphatic rings. The van der Waals surface area contributed by atoms with Gasteiger partial charge in [0.1, 0.15) is 62.5 Å². The molecule has 0 aromatic heterocycles. The molecule has 1 aromatic rings. The average Bonchev–Trinajstić information content (AvgIpc) is 3.14. The Morgan fingerprint density at radius 2 is 0.767 bits per heavy atom. The van der Waals surface area contributed by atoms with Crippen LogP contribution in [0.1, 0.15) is 53.0 Å². The van der Waals surface area contributed by atoms with Gasteiger partial charge in [-0.25, -0.2) is 9.59 Å². The van der Waals surface area contributed by atoms with Crippen LogP contribution in [-0.2, 0) is 73.2 Å². The van der Waals surface area contributed by atoms with E-state index in [1.54, 1.807) is 30.3 Å². The predicted molar refractivity (Wildman–Crippen MR) is 205 cm³/mol. The molecule has 2 atom stereocenters. The van der Waals surface area contributed by atoms with E-state index in [-0.39, 0.29) is 53.8 Å². The summed E-state index contributed by atoms with van der Waals surface area (Å²) >= 11 is 0. The highest BCUT2D eigenvalue weighted by atomic mass is 79.9. The molecular formula is C40H64Br2N2O16. The zero-order chi connectivity index (χ0) is 44.2. The van der Waals surface area contributed by atoms with Crippen LogP contribution < -0.4 is 34.0 Å². The van der Waals surface area contributed by atoms with Crippen LogP contribution in [0.3, 0.4) is 0 Å². The summed E-state index contributed by atoms with van der Waals surface area (Å²) in [5.74, 6) is -3.82. The van der Waals surface area contributed by atoms with Gasteiger partial charge in [-0.15, -0.1) is 0 Å². The molecule has 1 aromatic carbocycles. The van der Waals surface area contributed by atoms with E-state index in [0.717, 1.165) is 13.8 Å². The molecule has 1 rings (SSSR count). The van der Waals surface area contributed by atoms with Crippen LogP contribution in [-0.4, -0.2) is 159 Å². The van der Waals surface area contributed by atoms with E-state index in [2.05, 4.69) is 0 Å². The van der Waals surface area contributed by atoms with Gasteiger partial charge >= 0.3 is 42.2 Å². The lowest BCUT2D eigenvalue weighted by Crippen LogP contribution is -3.00. The van der Waals surface area contributed by atoms with Gasteiger partial charge in [0, 0.05) is 26.7 Å². The van der Waals surface area contributed by atoms with Gasteiger partial charge in [-0.1, -0.05) is 30.3 Å². The molecule has 0 saturated carbocycles. The zero-order valence-electron chi connectivity index (χ0n) is 36.8. The van der Waals surface area contributed by atoms with E-state index in [0.29, 0.717) is 40.5 Å². The van der Waals surface area contributed by atoms with Gasteiger partial charge in [0.05, 0.1) is 68.6 Å². The number of rotatable bonds is 25. The molecule has 0 saturated heterocycles. The van der Waals surface area contributed by atoms with Crippen molar-refractivity contribution in [2.24, 2.45) is 16.2 Å². The first-order valence-corrected chi connectivity index (χ1v) is 18.8. The molecule has 0 fully saturated rings. The number of hydrogen-bond acceptors (Lipinski definition) is 16. The number of esters is 5. The number of halogens is 2. The van der Waals surface area contributed by atoms with Gasteiger partial charge in [0.25, 0.3) is 0 Å². The Bertz CT molecular complexity index is 1450. The Hall–Kier alpha value is -4.01. The molecular weight excluding hydrogens is 924 g/mol. The maximum absolute atomic E-state index is 13.4. The first-order chi connectivity index (χ1) is 26.8. The minimum Gasteiger partial charge on any atom is -1.00 e. The van der Waals surface area contributed by atoms with E-state index in [1.165, 1.54) is 20.8 Å². The summed E-state index contributed by atoms with van der Waals surface area (Å²) in [4.78, 5) is 88.4. The van der Waals surface area contributed by atoms with Crippen molar-refractivity contribution in [1.82, 2.24) is 0 Å². The Morgan fingerprint density at radius 3 is 1.07 bits per heavy atom. The van der Waals surface area contributed by atoms with E-state index < -0.39 is 98.0 Å². The summed E-state index contributed by atoms with van der Waals surface area (Å²) in [7, 11) is 11.9. The summed E-state index contributed by atoms with van der Waals surface area (Å²) in [6, 6.07) is 8.70. The van der Waals surface area contributed by atoms with E-state index in [4.69, 9.17) is 42.6 Å². The fourth-order valence-electron chi connectivity index (χ4n) is 4.61. The fraction of sp³-hybridized carbons (Fsp3) is 0.675. The van der Waals surface area contributed by atoms with E-state index >= 15 is 0 Å². The highest BCUT2D eigenvalue weighted by molar-refractivity contribution is 5.79. The van der Waals surface area contributed by atoms with Crippen LogP contribution in [0.5, 0.6) is 0 Å². The van der Waals surface area contributed by atoms with Crippen molar-refractivity contribution in [2.45, 2.75) is 54.1 Å². The van der Waals surface area contributed by atoms with E-state index in [9.17, 15) is 33.6 Å². The lowest BCUT2D eigenvalue weighted by Gasteiger charge is -2.29. The Kier molecular flexibility index (Phi) is 26.2. The average molecular weight is 989 g/mol. The van der Waals surface area contributed by atoms with E-state index in [1.807, 2.05) is 42.3 Å². The van der Waals surface area contributed by atoms with Gasteiger partial charge in [-0.3, -0.25) is 24.0 Å². The number of nitrogens with zero attached hydrogens (tertiary/aromatic N) is 2. The third kappa shape index (κ3) is 24.3. The maximum Gasteiger partial charge on any atom is 0.508 e. The van der Waals surface area contributed by atoms with Gasteiger partial charge in [-0.05, 0) is 26.3 Å². The number of quaternary nitrogens is 2. The van der Waals surface area contributed by atoms with Crippen LogP contribution in [0, 0.1) is 16.2 Å². The monoisotopic (exact) mass is 986 g/mol. The lowest BCUT2D eigenvalue weighted by molar-refractivity contribution is -0.870. The van der Waals surface area contributed by atoms with Gasteiger partial charge in [-0.2, -0.15) is 0 Å². The van der Waals surface area contributed by atoms with Crippen LogP contribution in [0.25, 0.3) is 0 Å². The van der Waals surface area contributed by atoms with Gasteiger partial charge in [0.2, 0.25) is 0 Å². The first kappa shape index (κ1) is 58.1. The Balaban J connectivity index is 0. The lowest BCUT2D eigenvalue weighted by atomic mass is 9.93. The predicted octanol–water partition coefficient (Wildman–Crippen LogP) is -2.53. The minimum absolute atomic E-state index is 0. The third-order valence-electron chi connectivity index (χ3n) is 8.33. The molecule has 0 amide bonds. The summed E-state index contributed by atoms with van der Waals surface area (Å²) in [6.45, 7) is 4.20. The van der Waals surface area contributed by atoms with Crippen molar-refractivity contribution in [3.05, 3.63) is 35.9 Å². The largest absolute Gasteiger partial charge is 1.00 e. The van der Waals surface area contributed by atoms with Crippen molar-refractivity contribution >= 4 is 42.2 Å². The molecule has 20 heteroatoms. The molecule has 0 spiro atoms. The van der Waals surface area contributed by atoms with Gasteiger partial charge < -0.3 is 85.6 Å². The highest BCUT2D eigenvalue weighted by Crippen LogP contribution is 2.25. The quantitative estimate of drug-likeness (QED) is 0.0429. The first-order valence-electron chi connectivity index (χ1n) is 18.8. The normalized spacial score (nSPS) is 14.1. The number of benzene rings is 1. The number of carbonyl (C=O) groups excluding carboxylic acids is 7. The molecule has 0 radical (unpaired) electrons. The Morgan fingerprint density at radius 1 is 0.467 bits per heavy atom. The second kappa shape index (κ2) is 27.0. The SMILES string of the molecule is CC(=O)OCC(C)(COC(=O)OCC(C)(COC(=O)OCC(C)(COC(C)=O)C(=O)OCCC[N+](C)(C)C)C(=O)OCc1ccccc1)C(=O)OCCC[N+](C)(C)C.[Br-].[Br-]. The minimum atomic E-state index is -1.83. The van der Waals surface area contributed by atoms with Crippen LogP contribution >= 0.6 is 0 Å².